The highest BCUT2D eigenvalue weighted by atomic mass is 16.3. The molecule has 4 aliphatic rings. The van der Waals surface area contributed by atoms with Crippen LogP contribution in [0.15, 0.2) is 47.6 Å². The first-order valence-electron chi connectivity index (χ1n) is 11.1. The van der Waals surface area contributed by atoms with Gasteiger partial charge in [0.15, 0.2) is 5.78 Å². The highest BCUT2D eigenvalue weighted by Crippen LogP contribution is 2.64. The Kier molecular flexibility index (Phi) is 4.21. The minimum absolute atomic E-state index is 0.154. The predicted molar refractivity (Wildman–Crippen MR) is 113 cm³/mol. The van der Waals surface area contributed by atoms with Gasteiger partial charge in [0.05, 0.1) is 6.10 Å². The van der Waals surface area contributed by atoms with E-state index >= 15 is 0 Å². The molecule has 0 heterocycles. The van der Waals surface area contributed by atoms with Crippen molar-refractivity contribution in [2.24, 2.45) is 28.6 Å². The number of ketones is 1. The maximum absolute atomic E-state index is 13.4. The maximum Gasteiger partial charge on any atom is 0.165 e. The summed E-state index contributed by atoms with van der Waals surface area (Å²) in [6.45, 7) is 4.69. The van der Waals surface area contributed by atoms with Crippen molar-refractivity contribution >= 4 is 11.9 Å². The molecule has 148 valence electrons. The van der Waals surface area contributed by atoms with Gasteiger partial charge in [-0.1, -0.05) is 55.8 Å². The first-order valence-corrected chi connectivity index (χ1v) is 11.1. The number of allylic oxidation sites excluding steroid dienone is 2. The van der Waals surface area contributed by atoms with Crippen LogP contribution in [0, 0.1) is 28.6 Å². The minimum Gasteiger partial charge on any atom is -0.393 e. The molecule has 2 heteroatoms. The van der Waals surface area contributed by atoms with Crippen LogP contribution in [0.25, 0.3) is 6.08 Å². The maximum atomic E-state index is 13.4. The lowest BCUT2D eigenvalue weighted by atomic mass is 9.48. The summed E-state index contributed by atoms with van der Waals surface area (Å²) in [5, 5.41) is 10.2. The summed E-state index contributed by atoms with van der Waals surface area (Å²) in [4.78, 5) is 13.4. The molecule has 2 nitrogen and oxygen atoms in total. The topological polar surface area (TPSA) is 37.3 Å². The quantitative estimate of drug-likeness (QED) is 0.514. The Morgan fingerprint density at radius 3 is 2.54 bits per heavy atom. The number of carbonyl (C=O) groups is 1. The van der Waals surface area contributed by atoms with Crippen molar-refractivity contribution in [3.63, 3.8) is 0 Å². The van der Waals surface area contributed by atoms with Crippen molar-refractivity contribution in [1.82, 2.24) is 0 Å². The van der Waals surface area contributed by atoms with Crippen molar-refractivity contribution < 1.29 is 9.90 Å². The molecule has 0 aliphatic heterocycles. The number of fused-ring (bicyclic) bond motifs is 5. The number of aliphatic hydroxyl groups excluding tert-OH is 1. The van der Waals surface area contributed by atoms with Crippen LogP contribution in [0.3, 0.4) is 0 Å². The monoisotopic (exact) mass is 376 g/mol. The second kappa shape index (κ2) is 6.42. The molecule has 0 aromatic heterocycles. The van der Waals surface area contributed by atoms with Gasteiger partial charge in [-0.15, -0.1) is 0 Å². The highest BCUT2D eigenvalue weighted by molar-refractivity contribution is 6.05. The van der Waals surface area contributed by atoms with Gasteiger partial charge >= 0.3 is 0 Å². The zero-order chi connectivity index (χ0) is 19.5. The molecule has 1 aromatic carbocycles. The van der Waals surface area contributed by atoms with Crippen LogP contribution in [0.1, 0.15) is 64.4 Å². The van der Waals surface area contributed by atoms with E-state index in [2.05, 4.69) is 38.1 Å². The summed E-state index contributed by atoms with van der Waals surface area (Å²) in [5.74, 6) is 2.14. The van der Waals surface area contributed by atoms with Gasteiger partial charge in [-0.05, 0) is 85.3 Å². The van der Waals surface area contributed by atoms with E-state index in [9.17, 15) is 9.90 Å². The van der Waals surface area contributed by atoms with Crippen molar-refractivity contribution in [1.29, 1.82) is 0 Å². The Bertz CT molecular complexity index is 850. The number of benzene rings is 1. The smallest absolute Gasteiger partial charge is 0.165 e. The van der Waals surface area contributed by atoms with E-state index in [1.54, 1.807) is 0 Å². The molecule has 0 radical (unpaired) electrons. The van der Waals surface area contributed by atoms with Gasteiger partial charge in [0.25, 0.3) is 0 Å². The number of aliphatic hydroxyl groups is 1. The SMILES string of the molecule is C[C@]12CC[C@H](O)CC1=CCC1C2CC[C@]2(C)C(=O)/C(=C/c3ccccc3)CC12. The van der Waals surface area contributed by atoms with Gasteiger partial charge in [0.2, 0.25) is 0 Å². The van der Waals surface area contributed by atoms with E-state index < -0.39 is 0 Å². The summed E-state index contributed by atoms with van der Waals surface area (Å²) in [6, 6.07) is 10.3. The standard InChI is InChI=1S/C26H32O2/c1-25-12-10-20(27)16-19(25)8-9-21-22(25)11-13-26(2)23(21)15-18(24(26)28)14-17-6-4-3-5-7-17/h3-8,14,20-23,27H,9-13,15-16H2,1-2H3/b18-14+/t20-,21?,22?,23?,25-,26-/m0/s1. The summed E-state index contributed by atoms with van der Waals surface area (Å²) < 4.78 is 0. The second-order valence-corrected chi connectivity index (χ2v) is 10.2. The zero-order valence-corrected chi connectivity index (χ0v) is 17.2. The summed E-state index contributed by atoms with van der Waals surface area (Å²) in [7, 11) is 0. The van der Waals surface area contributed by atoms with Crippen LogP contribution < -0.4 is 0 Å². The fourth-order valence-electron chi connectivity index (χ4n) is 7.19. The van der Waals surface area contributed by atoms with E-state index in [1.165, 1.54) is 5.57 Å². The Balaban J connectivity index is 1.48. The predicted octanol–water partition coefficient (Wildman–Crippen LogP) is 5.57. The Labute approximate surface area is 168 Å². The number of Topliss-reactive ketones (excluding diaryl/α,β-unsaturated/α-hetero) is 1. The number of hydrogen-bond donors (Lipinski definition) is 1. The third-order valence-electron chi connectivity index (χ3n) is 8.86. The average Bonchev–Trinajstić information content (AvgIpc) is 2.94. The Hall–Kier alpha value is -1.67. The fourth-order valence-corrected chi connectivity index (χ4v) is 7.19. The molecule has 0 spiro atoms. The van der Waals surface area contributed by atoms with Gasteiger partial charge < -0.3 is 5.11 Å². The van der Waals surface area contributed by atoms with Gasteiger partial charge in [-0.25, -0.2) is 0 Å². The minimum atomic E-state index is -0.183. The lowest BCUT2D eigenvalue weighted by molar-refractivity contribution is -0.130. The molecule has 4 aliphatic carbocycles. The molecule has 1 N–H and O–H groups in total. The lowest BCUT2D eigenvalue weighted by Gasteiger charge is -2.56. The van der Waals surface area contributed by atoms with Crippen LogP contribution in [0.4, 0.5) is 0 Å². The molecule has 5 rings (SSSR count). The zero-order valence-electron chi connectivity index (χ0n) is 17.2. The van der Waals surface area contributed by atoms with Gasteiger partial charge in [-0.2, -0.15) is 0 Å². The van der Waals surface area contributed by atoms with Crippen molar-refractivity contribution in [3.05, 3.63) is 53.1 Å². The second-order valence-electron chi connectivity index (χ2n) is 10.2. The van der Waals surface area contributed by atoms with E-state index in [-0.39, 0.29) is 16.9 Å². The molecule has 6 atom stereocenters. The van der Waals surface area contributed by atoms with Crippen molar-refractivity contribution in [3.8, 4) is 0 Å². The molecular weight excluding hydrogens is 344 g/mol. The summed E-state index contributed by atoms with van der Waals surface area (Å²) in [6.07, 6.45) is 11.5. The molecule has 0 bridgehead atoms. The molecule has 28 heavy (non-hydrogen) atoms. The van der Waals surface area contributed by atoms with E-state index in [4.69, 9.17) is 0 Å². The summed E-state index contributed by atoms with van der Waals surface area (Å²) in [5.41, 5.74) is 3.73. The fraction of sp³-hybridized carbons (Fsp3) is 0.577. The molecule has 1 aromatic rings. The first kappa shape index (κ1) is 18.4. The van der Waals surface area contributed by atoms with Gasteiger partial charge in [0, 0.05) is 5.41 Å². The Morgan fingerprint density at radius 1 is 1.00 bits per heavy atom. The molecule has 3 unspecified atom stereocenters. The summed E-state index contributed by atoms with van der Waals surface area (Å²) >= 11 is 0. The molecule has 3 fully saturated rings. The van der Waals surface area contributed by atoms with E-state index in [0.717, 1.165) is 56.1 Å². The largest absolute Gasteiger partial charge is 0.393 e. The third kappa shape index (κ3) is 2.60. The van der Waals surface area contributed by atoms with Crippen LogP contribution in [0.2, 0.25) is 0 Å². The molecule has 0 amide bonds. The average molecular weight is 377 g/mol. The number of rotatable bonds is 1. The lowest BCUT2D eigenvalue weighted by Crippen LogP contribution is -2.50. The van der Waals surface area contributed by atoms with Gasteiger partial charge in [0.1, 0.15) is 0 Å². The molecular formula is C26H32O2. The van der Waals surface area contributed by atoms with Gasteiger partial charge in [-0.3, -0.25) is 4.79 Å². The number of hydrogen-bond acceptors (Lipinski definition) is 2. The third-order valence-corrected chi connectivity index (χ3v) is 8.86. The normalized spacial score (nSPS) is 43.9. The molecule has 0 saturated heterocycles. The Morgan fingerprint density at radius 2 is 1.75 bits per heavy atom. The van der Waals surface area contributed by atoms with Crippen molar-refractivity contribution in [2.45, 2.75) is 64.9 Å². The van der Waals surface area contributed by atoms with Crippen LogP contribution in [-0.4, -0.2) is 17.0 Å². The van der Waals surface area contributed by atoms with Crippen LogP contribution >= 0.6 is 0 Å². The van der Waals surface area contributed by atoms with E-state index in [1.807, 2.05) is 18.2 Å². The van der Waals surface area contributed by atoms with Crippen molar-refractivity contribution in [2.75, 3.05) is 0 Å². The molecule has 3 saturated carbocycles. The van der Waals surface area contributed by atoms with Crippen LogP contribution in [-0.2, 0) is 4.79 Å². The highest BCUT2D eigenvalue weighted by Gasteiger charge is 2.59. The van der Waals surface area contributed by atoms with Crippen LogP contribution in [0.5, 0.6) is 0 Å². The first-order chi connectivity index (χ1) is 13.4. The van der Waals surface area contributed by atoms with E-state index in [0.29, 0.717) is 23.5 Å². The number of carbonyl (C=O) groups excluding carboxylic acids is 1.